The smallest absolute Gasteiger partial charge is 0.0476 e. The van der Waals surface area contributed by atoms with Crippen molar-refractivity contribution >= 4 is 80.1 Å². The lowest BCUT2D eigenvalue weighted by atomic mass is 9.92. The van der Waals surface area contributed by atoms with Crippen LogP contribution in [0.1, 0.15) is 0 Å². The maximum absolute atomic E-state index is 2.42. The quantitative estimate of drug-likeness (QED) is 0.156. The molecule has 0 aliphatic carbocycles. The van der Waals surface area contributed by atoms with Crippen LogP contribution in [0.2, 0.25) is 0 Å². The molecule has 57 heavy (non-hydrogen) atoms. The fourth-order valence-electron chi connectivity index (χ4n) is 8.42. The predicted molar refractivity (Wildman–Crippen MR) is 249 cm³/mol. The van der Waals surface area contributed by atoms with Gasteiger partial charge in [-0.15, -0.1) is 22.7 Å². The molecule has 268 valence electrons. The lowest BCUT2D eigenvalue weighted by Crippen LogP contribution is -2.10. The van der Waals surface area contributed by atoms with E-state index in [0.29, 0.717) is 0 Å². The Morgan fingerprint density at radius 3 is 1.47 bits per heavy atom. The fraction of sp³-hybridized carbons (Fsp3) is 0. The van der Waals surface area contributed by atoms with Crippen molar-refractivity contribution in [2.75, 3.05) is 4.90 Å². The van der Waals surface area contributed by atoms with E-state index in [1.165, 1.54) is 84.9 Å². The van der Waals surface area contributed by atoms with E-state index in [-0.39, 0.29) is 0 Å². The number of hydrogen-bond acceptors (Lipinski definition) is 3. The molecule has 0 aliphatic rings. The van der Waals surface area contributed by atoms with E-state index in [9.17, 15) is 0 Å². The number of anilines is 3. The molecule has 0 saturated carbocycles. The Morgan fingerprint density at radius 1 is 0.263 bits per heavy atom. The molecular formula is C54H35NS2. The van der Waals surface area contributed by atoms with Crippen molar-refractivity contribution in [2.45, 2.75) is 0 Å². The summed E-state index contributed by atoms with van der Waals surface area (Å²) in [6.45, 7) is 0. The first kappa shape index (κ1) is 33.5. The van der Waals surface area contributed by atoms with Crippen molar-refractivity contribution in [3.63, 3.8) is 0 Å². The first-order valence-electron chi connectivity index (χ1n) is 19.3. The van der Waals surface area contributed by atoms with E-state index in [0.717, 1.165) is 17.1 Å². The third kappa shape index (κ3) is 5.91. The van der Waals surface area contributed by atoms with Gasteiger partial charge < -0.3 is 4.90 Å². The zero-order valence-electron chi connectivity index (χ0n) is 31.0. The van der Waals surface area contributed by atoms with Crippen LogP contribution in [0.3, 0.4) is 0 Å². The Balaban J connectivity index is 1.10. The molecule has 0 spiro atoms. The number of rotatable bonds is 7. The molecule has 0 N–H and O–H groups in total. The van der Waals surface area contributed by atoms with Crippen molar-refractivity contribution < 1.29 is 0 Å². The lowest BCUT2D eigenvalue weighted by Gasteiger charge is -2.27. The molecule has 11 aromatic rings. The minimum atomic E-state index is 1.11. The Bertz CT molecular complexity index is 3230. The van der Waals surface area contributed by atoms with Gasteiger partial charge in [-0.1, -0.05) is 164 Å². The lowest BCUT2D eigenvalue weighted by molar-refractivity contribution is 1.29. The monoisotopic (exact) mass is 761 g/mol. The Hall–Kier alpha value is -6.78. The summed E-state index contributed by atoms with van der Waals surface area (Å²) in [6, 6.07) is 77.6. The van der Waals surface area contributed by atoms with Gasteiger partial charge >= 0.3 is 0 Å². The second-order valence-electron chi connectivity index (χ2n) is 14.4. The summed E-state index contributed by atoms with van der Waals surface area (Å²) in [5.41, 5.74) is 13.1. The van der Waals surface area contributed by atoms with E-state index >= 15 is 0 Å². The third-order valence-corrected chi connectivity index (χ3v) is 13.5. The van der Waals surface area contributed by atoms with Crippen molar-refractivity contribution in [1.82, 2.24) is 0 Å². The number of thiophene rings is 2. The molecule has 0 aliphatic heterocycles. The molecule has 1 nitrogen and oxygen atoms in total. The predicted octanol–water partition coefficient (Wildman–Crippen LogP) is 16.6. The van der Waals surface area contributed by atoms with E-state index < -0.39 is 0 Å². The topological polar surface area (TPSA) is 3.24 Å². The number of nitrogens with zero attached hydrogens (tertiary/aromatic N) is 1. The highest BCUT2D eigenvalue weighted by Crippen LogP contribution is 2.47. The van der Waals surface area contributed by atoms with Gasteiger partial charge in [0.05, 0.1) is 0 Å². The highest BCUT2D eigenvalue weighted by atomic mass is 32.1. The van der Waals surface area contributed by atoms with Gasteiger partial charge in [0.2, 0.25) is 0 Å². The van der Waals surface area contributed by atoms with Crippen LogP contribution >= 0.6 is 22.7 Å². The van der Waals surface area contributed by atoms with Crippen LogP contribution in [0, 0.1) is 0 Å². The molecule has 0 atom stereocenters. The van der Waals surface area contributed by atoms with Crippen LogP contribution < -0.4 is 4.90 Å². The summed E-state index contributed by atoms with van der Waals surface area (Å²) in [5, 5.41) is 5.23. The summed E-state index contributed by atoms with van der Waals surface area (Å²) in [5.74, 6) is 0. The number of fused-ring (bicyclic) bond motifs is 6. The van der Waals surface area contributed by atoms with Gasteiger partial charge in [-0.05, 0) is 87.5 Å². The van der Waals surface area contributed by atoms with Crippen LogP contribution in [0.4, 0.5) is 17.1 Å². The first-order chi connectivity index (χ1) is 28.3. The molecule has 0 fully saturated rings. The third-order valence-electron chi connectivity index (χ3n) is 11.1. The fourth-order valence-corrected chi connectivity index (χ4v) is 10.8. The zero-order valence-corrected chi connectivity index (χ0v) is 32.6. The van der Waals surface area contributed by atoms with Crippen LogP contribution in [0.15, 0.2) is 212 Å². The van der Waals surface area contributed by atoms with E-state index in [4.69, 9.17) is 0 Å². The molecule has 0 unspecified atom stereocenters. The summed E-state index contributed by atoms with van der Waals surface area (Å²) in [4.78, 5) is 2.42. The van der Waals surface area contributed by atoms with Gasteiger partial charge in [-0.25, -0.2) is 0 Å². The average Bonchev–Trinajstić information content (AvgIpc) is 3.86. The second kappa shape index (κ2) is 14.1. The SMILES string of the molecule is c1ccc(-c2ccccc2-c2ccc(N(c3ccc(-c4cccc5c4sc4ccccc45)c(-c4ccccc4)c3)c3ccc4c(c3)sc3ccccc34)cc2)cc1. The highest BCUT2D eigenvalue weighted by Gasteiger charge is 2.20. The summed E-state index contributed by atoms with van der Waals surface area (Å²) in [6.07, 6.45) is 0. The standard InChI is InChI=1S/C54H35NS2/c1-3-14-36(15-4-1)42-18-7-8-19-43(42)38-26-28-39(29-27-38)55(41-31-33-47-45-20-9-11-24-51(45)56-53(47)35-41)40-30-32-44(50(34-40)37-16-5-2-6-17-37)48-22-13-23-49-46-21-10-12-25-52(46)57-54(48)49/h1-35H. The first-order valence-corrected chi connectivity index (χ1v) is 21.0. The molecule has 3 heteroatoms. The highest BCUT2D eigenvalue weighted by molar-refractivity contribution is 7.26. The van der Waals surface area contributed by atoms with Gasteiger partial charge in [-0.3, -0.25) is 0 Å². The van der Waals surface area contributed by atoms with Gasteiger partial charge in [-0.2, -0.15) is 0 Å². The molecule has 2 aromatic heterocycles. The molecule has 2 heterocycles. The van der Waals surface area contributed by atoms with Crippen LogP contribution in [-0.4, -0.2) is 0 Å². The Morgan fingerprint density at radius 2 is 0.754 bits per heavy atom. The minimum absolute atomic E-state index is 1.11. The molecule has 0 saturated heterocycles. The van der Waals surface area contributed by atoms with Crippen molar-refractivity contribution in [3.8, 4) is 44.5 Å². The largest absolute Gasteiger partial charge is 0.310 e. The minimum Gasteiger partial charge on any atom is -0.310 e. The van der Waals surface area contributed by atoms with Gasteiger partial charge in [0.25, 0.3) is 0 Å². The maximum Gasteiger partial charge on any atom is 0.0476 e. The van der Waals surface area contributed by atoms with Crippen molar-refractivity contribution in [1.29, 1.82) is 0 Å². The van der Waals surface area contributed by atoms with Crippen molar-refractivity contribution in [2.24, 2.45) is 0 Å². The van der Waals surface area contributed by atoms with Crippen LogP contribution in [-0.2, 0) is 0 Å². The Kier molecular flexibility index (Phi) is 8.28. The molecule has 9 aromatic carbocycles. The maximum atomic E-state index is 2.42. The van der Waals surface area contributed by atoms with E-state index in [1.54, 1.807) is 0 Å². The Labute approximate surface area is 340 Å². The normalized spacial score (nSPS) is 11.5. The van der Waals surface area contributed by atoms with Crippen LogP contribution in [0.25, 0.3) is 84.9 Å². The molecule has 0 radical (unpaired) electrons. The van der Waals surface area contributed by atoms with Gasteiger partial charge in [0, 0.05) is 63.0 Å². The molecule has 11 rings (SSSR count). The van der Waals surface area contributed by atoms with E-state index in [2.05, 4.69) is 217 Å². The molecular weight excluding hydrogens is 727 g/mol. The van der Waals surface area contributed by atoms with Gasteiger partial charge in [0.1, 0.15) is 0 Å². The van der Waals surface area contributed by atoms with Crippen LogP contribution in [0.5, 0.6) is 0 Å². The van der Waals surface area contributed by atoms with Gasteiger partial charge in [0.15, 0.2) is 0 Å². The average molecular weight is 762 g/mol. The number of hydrogen-bond donors (Lipinski definition) is 0. The summed E-state index contributed by atoms with van der Waals surface area (Å²) in [7, 11) is 0. The zero-order chi connectivity index (χ0) is 37.7. The second-order valence-corrected chi connectivity index (χ2v) is 16.6. The van der Waals surface area contributed by atoms with Crippen molar-refractivity contribution in [3.05, 3.63) is 212 Å². The van der Waals surface area contributed by atoms with E-state index in [1.807, 2.05) is 22.7 Å². The summed E-state index contributed by atoms with van der Waals surface area (Å²) < 4.78 is 5.23. The number of benzene rings is 9. The molecule has 0 bridgehead atoms. The molecule has 0 amide bonds. The summed E-state index contributed by atoms with van der Waals surface area (Å²) >= 11 is 3.74.